The average molecular weight is 368 g/mol. The van der Waals surface area contributed by atoms with Gasteiger partial charge in [-0.15, -0.1) is 0 Å². The van der Waals surface area contributed by atoms with Crippen molar-refractivity contribution in [3.8, 4) is 22.8 Å². The molecule has 6 nitrogen and oxygen atoms in total. The van der Waals surface area contributed by atoms with E-state index in [1.807, 2.05) is 13.0 Å². The first kappa shape index (κ1) is 14.9. The van der Waals surface area contributed by atoms with Crippen LogP contribution in [0.2, 0.25) is 0 Å². The van der Waals surface area contributed by atoms with Gasteiger partial charge < -0.3 is 19.1 Å². The molecule has 2 heterocycles. The molecule has 2 aromatic rings. The molecule has 1 N–H and O–H groups in total. The Morgan fingerprint density at radius 2 is 2.14 bits per heavy atom. The first-order valence-corrected chi connectivity index (χ1v) is 7.72. The zero-order chi connectivity index (χ0) is 15.7. The maximum absolute atomic E-state index is 11.0. The van der Waals surface area contributed by atoms with Crippen LogP contribution < -0.4 is 9.47 Å². The Morgan fingerprint density at radius 3 is 2.82 bits per heavy atom. The second-order valence-corrected chi connectivity index (χ2v) is 5.68. The van der Waals surface area contributed by atoms with E-state index >= 15 is 0 Å². The van der Waals surface area contributed by atoms with Crippen molar-refractivity contribution in [3.05, 3.63) is 27.9 Å². The maximum atomic E-state index is 11.0. The van der Waals surface area contributed by atoms with E-state index in [1.54, 1.807) is 0 Å². The smallest absolute Gasteiger partial charge is 0.358 e. The number of benzene rings is 1. The molecule has 0 atom stereocenters. The van der Waals surface area contributed by atoms with Gasteiger partial charge >= 0.3 is 5.97 Å². The summed E-state index contributed by atoms with van der Waals surface area (Å²) < 4.78 is 17.5. The Hall–Kier alpha value is -2.02. The Labute approximate surface area is 135 Å². The number of carboxylic acids is 1. The number of halogens is 1. The van der Waals surface area contributed by atoms with Crippen molar-refractivity contribution < 1.29 is 23.9 Å². The third kappa shape index (κ3) is 2.56. The van der Waals surface area contributed by atoms with E-state index in [0.717, 1.165) is 22.0 Å². The lowest BCUT2D eigenvalue weighted by Crippen LogP contribution is -2.00. The molecule has 116 valence electrons. The molecule has 1 aliphatic heterocycles. The van der Waals surface area contributed by atoms with Crippen LogP contribution in [0.15, 0.2) is 21.1 Å². The molecule has 22 heavy (non-hydrogen) atoms. The number of aromatic carboxylic acids is 1. The number of ether oxygens (including phenoxy) is 2. The minimum Gasteiger partial charge on any atom is -0.490 e. The Kier molecular flexibility index (Phi) is 4.06. The molecule has 1 aromatic carbocycles. The summed E-state index contributed by atoms with van der Waals surface area (Å²) in [6, 6.07) is 3.23. The number of carboxylic acid groups (broad SMARTS) is 1. The summed E-state index contributed by atoms with van der Waals surface area (Å²) in [5, 5.41) is 12.6. The fourth-order valence-electron chi connectivity index (χ4n) is 2.44. The molecule has 0 unspecified atom stereocenters. The Balaban J connectivity index is 2.17. The molecule has 0 radical (unpaired) electrons. The Morgan fingerprint density at radius 1 is 1.36 bits per heavy atom. The summed E-state index contributed by atoms with van der Waals surface area (Å²) in [6.45, 7) is 3.18. The lowest BCUT2D eigenvalue weighted by atomic mass is 10.0. The van der Waals surface area contributed by atoms with Crippen molar-refractivity contribution in [3.63, 3.8) is 0 Å². The van der Waals surface area contributed by atoms with Crippen molar-refractivity contribution in [1.82, 2.24) is 5.16 Å². The highest BCUT2D eigenvalue weighted by atomic mass is 79.9. The third-order valence-electron chi connectivity index (χ3n) is 3.42. The van der Waals surface area contributed by atoms with Gasteiger partial charge in [0, 0.05) is 28.1 Å². The number of hydrogen-bond acceptors (Lipinski definition) is 5. The zero-order valence-corrected chi connectivity index (χ0v) is 13.5. The van der Waals surface area contributed by atoms with Gasteiger partial charge in [0.2, 0.25) is 0 Å². The third-order valence-corrected chi connectivity index (χ3v) is 4.04. The monoisotopic (exact) mass is 367 g/mol. The van der Waals surface area contributed by atoms with E-state index < -0.39 is 5.97 Å². The fraction of sp³-hybridized carbons (Fsp3) is 0.333. The minimum atomic E-state index is -1.13. The number of hydrogen-bond donors (Lipinski definition) is 1. The van der Waals surface area contributed by atoms with E-state index in [0.29, 0.717) is 36.9 Å². The van der Waals surface area contributed by atoms with Gasteiger partial charge in [0.05, 0.1) is 13.2 Å². The molecule has 0 fully saturated rings. The summed E-state index contributed by atoms with van der Waals surface area (Å²) in [5.74, 6) is 0.629. The van der Waals surface area contributed by atoms with Crippen molar-refractivity contribution in [1.29, 1.82) is 0 Å². The van der Waals surface area contributed by atoms with Gasteiger partial charge in [-0.1, -0.05) is 12.1 Å². The predicted octanol–water partition coefficient (Wildman–Crippen LogP) is 3.53. The van der Waals surface area contributed by atoms with E-state index in [9.17, 15) is 4.79 Å². The summed E-state index contributed by atoms with van der Waals surface area (Å²) in [6.07, 6.45) is 1.50. The lowest BCUT2D eigenvalue weighted by molar-refractivity contribution is 0.0686. The summed E-state index contributed by atoms with van der Waals surface area (Å²) in [5.41, 5.74) is 1.52. The summed E-state index contributed by atoms with van der Waals surface area (Å²) >= 11 is 3.50. The van der Waals surface area contributed by atoms with E-state index in [4.69, 9.17) is 19.1 Å². The zero-order valence-electron chi connectivity index (χ0n) is 11.9. The molecule has 1 aliphatic rings. The molecular formula is C15H14BrNO5. The van der Waals surface area contributed by atoms with Gasteiger partial charge in [0.1, 0.15) is 0 Å². The number of fused-ring (bicyclic) bond motifs is 1. The van der Waals surface area contributed by atoms with Crippen LogP contribution in [-0.2, 0) is 6.42 Å². The maximum Gasteiger partial charge on any atom is 0.358 e. The van der Waals surface area contributed by atoms with Crippen LogP contribution in [0.5, 0.6) is 11.5 Å². The van der Waals surface area contributed by atoms with Crippen LogP contribution in [0.1, 0.15) is 29.4 Å². The van der Waals surface area contributed by atoms with Crippen LogP contribution in [0, 0.1) is 0 Å². The predicted molar refractivity (Wildman–Crippen MR) is 81.6 cm³/mol. The largest absolute Gasteiger partial charge is 0.490 e. The molecule has 0 spiro atoms. The van der Waals surface area contributed by atoms with Gasteiger partial charge in [-0.05, 0) is 28.4 Å². The topological polar surface area (TPSA) is 81.8 Å². The van der Waals surface area contributed by atoms with Gasteiger partial charge in [0.25, 0.3) is 0 Å². The highest BCUT2D eigenvalue weighted by Gasteiger charge is 2.24. The molecule has 1 aromatic heterocycles. The standard InChI is InChI=1S/C15H14BrNO5/c1-2-8-13(11-7-10(15(18)19)17-22-11)9(16)6-12-14(8)21-5-3-4-20-12/h6-7H,2-5H2,1H3,(H,18,19). The quantitative estimate of drug-likeness (QED) is 0.893. The highest BCUT2D eigenvalue weighted by molar-refractivity contribution is 9.10. The van der Waals surface area contributed by atoms with Crippen LogP contribution in [0.25, 0.3) is 11.3 Å². The van der Waals surface area contributed by atoms with Crippen LogP contribution in [0.3, 0.4) is 0 Å². The van der Waals surface area contributed by atoms with Gasteiger partial charge in [-0.3, -0.25) is 0 Å². The molecular weight excluding hydrogens is 354 g/mol. The first-order chi connectivity index (χ1) is 10.6. The molecule has 0 aliphatic carbocycles. The second-order valence-electron chi connectivity index (χ2n) is 4.82. The average Bonchev–Trinajstić information content (AvgIpc) is 2.86. The highest BCUT2D eigenvalue weighted by Crippen LogP contribution is 2.44. The van der Waals surface area contributed by atoms with Crippen LogP contribution in [-0.4, -0.2) is 29.4 Å². The van der Waals surface area contributed by atoms with E-state index in [-0.39, 0.29) is 5.69 Å². The number of aromatic nitrogens is 1. The van der Waals surface area contributed by atoms with Crippen LogP contribution >= 0.6 is 15.9 Å². The summed E-state index contributed by atoms with van der Waals surface area (Å²) in [4.78, 5) is 11.0. The van der Waals surface area contributed by atoms with Crippen molar-refractivity contribution in [2.45, 2.75) is 19.8 Å². The number of carbonyl (C=O) groups is 1. The van der Waals surface area contributed by atoms with Gasteiger partial charge in [-0.2, -0.15) is 0 Å². The van der Waals surface area contributed by atoms with E-state index in [2.05, 4.69) is 21.1 Å². The van der Waals surface area contributed by atoms with Crippen molar-refractivity contribution in [2.24, 2.45) is 0 Å². The lowest BCUT2D eigenvalue weighted by Gasteiger charge is -2.16. The second kappa shape index (κ2) is 6.00. The molecule has 0 bridgehead atoms. The molecule has 3 rings (SSSR count). The van der Waals surface area contributed by atoms with Gasteiger partial charge in [0.15, 0.2) is 23.0 Å². The van der Waals surface area contributed by atoms with E-state index in [1.165, 1.54) is 6.07 Å². The molecule has 0 saturated carbocycles. The van der Waals surface area contributed by atoms with Crippen LogP contribution in [0.4, 0.5) is 0 Å². The molecule has 0 amide bonds. The van der Waals surface area contributed by atoms with Crippen molar-refractivity contribution in [2.75, 3.05) is 13.2 Å². The SMILES string of the molecule is CCc1c2c(cc(Br)c1-c1cc(C(=O)O)no1)OCCCO2. The normalized spacial score (nSPS) is 13.7. The Bertz CT molecular complexity index is 725. The minimum absolute atomic E-state index is 0.129. The van der Waals surface area contributed by atoms with Crippen molar-refractivity contribution >= 4 is 21.9 Å². The van der Waals surface area contributed by atoms with Gasteiger partial charge in [-0.25, -0.2) is 4.79 Å². The molecule has 7 heteroatoms. The fourth-order valence-corrected chi connectivity index (χ4v) is 3.08. The molecule has 0 saturated heterocycles. The first-order valence-electron chi connectivity index (χ1n) is 6.93. The summed E-state index contributed by atoms with van der Waals surface area (Å²) in [7, 11) is 0. The number of nitrogens with zero attached hydrogens (tertiary/aromatic N) is 1. The number of rotatable bonds is 3.